The number of nitrogens with zero attached hydrogens (tertiary/aromatic N) is 2. The minimum atomic E-state index is -3.83. The second-order valence-corrected chi connectivity index (χ2v) is 10.5. The molecule has 2 N–H and O–H groups in total. The Morgan fingerprint density at radius 3 is 2.17 bits per heavy atom. The Bertz CT molecular complexity index is 1390. The molecule has 0 radical (unpaired) electrons. The predicted molar refractivity (Wildman–Crippen MR) is 140 cm³/mol. The normalized spacial score (nSPS) is 12.1. The fraction of sp³-hybridized carbons (Fsp3) is 0.115. The van der Waals surface area contributed by atoms with Crippen molar-refractivity contribution in [2.45, 2.75) is 24.3 Å². The van der Waals surface area contributed by atoms with Gasteiger partial charge >= 0.3 is 0 Å². The van der Waals surface area contributed by atoms with Gasteiger partial charge in [0.15, 0.2) is 5.78 Å². The molecule has 1 aromatic heterocycles. The Balaban J connectivity index is 1.54. The number of aromatic nitrogens is 2. The van der Waals surface area contributed by atoms with E-state index in [4.69, 9.17) is 0 Å². The van der Waals surface area contributed by atoms with Crippen LogP contribution in [0.4, 0.5) is 11.6 Å². The number of rotatable bonds is 9. The first-order valence-electron chi connectivity index (χ1n) is 10.8. The summed E-state index contributed by atoms with van der Waals surface area (Å²) in [4.78, 5) is 20.9. The first-order valence-corrected chi connectivity index (χ1v) is 13.1. The van der Waals surface area contributed by atoms with Crippen molar-refractivity contribution in [3.63, 3.8) is 0 Å². The first kappa shape index (κ1) is 24.6. The van der Waals surface area contributed by atoms with E-state index in [-0.39, 0.29) is 29.1 Å². The highest BCUT2D eigenvalue weighted by molar-refractivity contribution is 9.10. The van der Waals surface area contributed by atoms with Crippen molar-refractivity contribution in [1.29, 1.82) is 0 Å². The van der Waals surface area contributed by atoms with E-state index in [0.29, 0.717) is 11.3 Å². The van der Waals surface area contributed by atoms with Crippen molar-refractivity contribution >= 4 is 43.4 Å². The van der Waals surface area contributed by atoms with Crippen LogP contribution < -0.4 is 10.0 Å². The molecule has 4 rings (SSSR count). The van der Waals surface area contributed by atoms with Gasteiger partial charge in [-0.2, -0.15) is 0 Å². The van der Waals surface area contributed by atoms with Crippen LogP contribution in [0.2, 0.25) is 0 Å². The molecule has 0 aliphatic rings. The molecule has 35 heavy (non-hydrogen) atoms. The molecule has 1 heterocycles. The van der Waals surface area contributed by atoms with Crippen LogP contribution in [0.1, 0.15) is 33.9 Å². The molecule has 3 aromatic carbocycles. The molecule has 178 valence electrons. The molecular weight excluding hydrogens is 528 g/mol. The van der Waals surface area contributed by atoms with Gasteiger partial charge in [0.05, 0.1) is 10.9 Å². The third-order valence-corrected chi connectivity index (χ3v) is 7.21. The average Bonchev–Trinajstić information content (AvgIpc) is 2.85. The summed E-state index contributed by atoms with van der Waals surface area (Å²) in [5, 5.41) is 3.39. The van der Waals surface area contributed by atoms with Crippen molar-refractivity contribution < 1.29 is 13.2 Å². The topological polar surface area (TPSA) is 101 Å². The number of carbonyl (C=O) groups excluding carboxylic acids is 1. The maximum absolute atomic E-state index is 13.0. The van der Waals surface area contributed by atoms with E-state index in [9.17, 15) is 13.2 Å². The number of halogens is 1. The fourth-order valence-corrected chi connectivity index (χ4v) is 4.67. The molecule has 0 spiro atoms. The summed E-state index contributed by atoms with van der Waals surface area (Å²) in [6.45, 7) is 2.01. The zero-order valence-electron chi connectivity index (χ0n) is 18.9. The van der Waals surface area contributed by atoms with Crippen molar-refractivity contribution in [2.24, 2.45) is 0 Å². The number of carbonyl (C=O) groups is 1. The third kappa shape index (κ3) is 6.52. The van der Waals surface area contributed by atoms with Gasteiger partial charge in [0.25, 0.3) is 10.0 Å². The summed E-state index contributed by atoms with van der Waals surface area (Å²) in [6.07, 6.45) is 3.15. The van der Waals surface area contributed by atoms with Gasteiger partial charge in [0, 0.05) is 34.5 Å². The van der Waals surface area contributed by atoms with E-state index in [2.05, 4.69) is 35.9 Å². The minimum Gasteiger partial charge on any atom is -0.378 e. The Morgan fingerprint density at radius 1 is 0.914 bits per heavy atom. The number of benzene rings is 3. The summed E-state index contributed by atoms with van der Waals surface area (Å²) < 4.78 is 28.6. The largest absolute Gasteiger partial charge is 0.378 e. The standard InChI is InChI=1S/C26H23BrN4O3S/c1-18-3-5-19(6-4-18)24(17-25(32)20-7-9-21(27)10-8-20)30-22-11-13-23(14-12-22)35(33,34)31-26-28-15-2-16-29-26/h2-16,24,30H,17H2,1H3,(H,28,29,31). The van der Waals surface area contributed by atoms with Gasteiger partial charge in [-0.1, -0.05) is 57.9 Å². The second kappa shape index (κ2) is 10.8. The van der Waals surface area contributed by atoms with Crippen molar-refractivity contribution in [3.05, 3.63) is 112 Å². The quantitative estimate of drug-likeness (QED) is 0.256. The average molecular weight is 551 g/mol. The highest BCUT2D eigenvalue weighted by Crippen LogP contribution is 2.26. The summed E-state index contributed by atoms with van der Waals surface area (Å²) in [7, 11) is -3.83. The molecule has 0 aliphatic carbocycles. The molecule has 0 saturated carbocycles. The van der Waals surface area contributed by atoms with Crippen LogP contribution >= 0.6 is 15.9 Å². The van der Waals surface area contributed by atoms with Crippen LogP contribution in [0.25, 0.3) is 0 Å². The van der Waals surface area contributed by atoms with Gasteiger partial charge in [0.1, 0.15) is 0 Å². The van der Waals surface area contributed by atoms with Gasteiger partial charge in [-0.3, -0.25) is 4.79 Å². The first-order chi connectivity index (χ1) is 16.8. The van der Waals surface area contributed by atoms with E-state index in [1.165, 1.54) is 24.5 Å². The van der Waals surface area contributed by atoms with Gasteiger partial charge in [0.2, 0.25) is 5.95 Å². The number of sulfonamides is 1. The SMILES string of the molecule is Cc1ccc(C(CC(=O)c2ccc(Br)cc2)Nc2ccc(S(=O)(=O)Nc3ncccn3)cc2)cc1. The fourth-order valence-electron chi connectivity index (χ4n) is 3.45. The summed E-state index contributed by atoms with van der Waals surface area (Å²) in [6, 6.07) is 22.9. The number of ketones is 1. The van der Waals surface area contributed by atoms with Crippen LogP contribution in [0.3, 0.4) is 0 Å². The lowest BCUT2D eigenvalue weighted by molar-refractivity contribution is 0.0976. The highest BCUT2D eigenvalue weighted by atomic mass is 79.9. The van der Waals surface area contributed by atoms with Gasteiger partial charge in [-0.15, -0.1) is 0 Å². The Morgan fingerprint density at radius 2 is 1.54 bits per heavy atom. The molecule has 1 unspecified atom stereocenters. The van der Waals surface area contributed by atoms with Crippen LogP contribution in [0.15, 0.2) is 101 Å². The van der Waals surface area contributed by atoms with Crippen LogP contribution in [0, 0.1) is 6.92 Å². The van der Waals surface area contributed by atoms with Crippen LogP contribution in [0.5, 0.6) is 0 Å². The number of anilines is 2. The maximum atomic E-state index is 13.0. The van der Waals surface area contributed by atoms with Crippen LogP contribution in [-0.4, -0.2) is 24.2 Å². The van der Waals surface area contributed by atoms with Gasteiger partial charge in [-0.05, 0) is 55.0 Å². The molecular formula is C26H23BrN4O3S. The molecule has 9 heteroatoms. The van der Waals surface area contributed by atoms with E-state index < -0.39 is 10.0 Å². The third-order valence-electron chi connectivity index (χ3n) is 5.33. The lowest BCUT2D eigenvalue weighted by Gasteiger charge is -2.20. The van der Waals surface area contributed by atoms with Crippen molar-refractivity contribution in [2.75, 3.05) is 10.0 Å². The van der Waals surface area contributed by atoms with E-state index in [0.717, 1.165) is 15.6 Å². The Kier molecular flexibility index (Phi) is 7.57. The predicted octanol–water partition coefficient (Wildman–Crippen LogP) is 5.77. The van der Waals surface area contributed by atoms with E-state index in [1.54, 1.807) is 30.3 Å². The molecule has 0 bridgehead atoms. The van der Waals surface area contributed by atoms with E-state index >= 15 is 0 Å². The monoisotopic (exact) mass is 550 g/mol. The minimum absolute atomic E-state index is 0.000547. The molecule has 7 nitrogen and oxygen atoms in total. The van der Waals surface area contributed by atoms with E-state index in [1.807, 2.05) is 43.3 Å². The van der Waals surface area contributed by atoms with Crippen molar-refractivity contribution in [3.8, 4) is 0 Å². The number of Topliss-reactive ketones (excluding diaryl/α,β-unsaturated/α-hetero) is 1. The lowest BCUT2D eigenvalue weighted by Crippen LogP contribution is -2.17. The van der Waals surface area contributed by atoms with Gasteiger partial charge < -0.3 is 5.32 Å². The smallest absolute Gasteiger partial charge is 0.264 e. The molecule has 4 aromatic rings. The molecule has 0 aliphatic heterocycles. The molecule has 0 fully saturated rings. The Labute approximate surface area is 212 Å². The number of nitrogens with one attached hydrogen (secondary N) is 2. The maximum Gasteiger partial charge on any atom is 0.264 e. The number of hydrogen-bond donors (Lipinski definition) is 2. The highest BCUT2D eigenvalue weighted by Gasteiger charge is 2.19. The number of hydrogen-bond acceptors (Lipinski definition) is 6. The zero-order chi connectivity index (χ0) is 24.8. The van der Waals surface area contributed by atoms with Gasteiger partial charge in [-0.25, -0.2) is 23.1 Å². The summed E-state index contributed by atoms with van der Waals surface area (Å²) in [5.74, 6) is 0.00225. The number of aryl methyl sites for hydroxylation is 1. The van der Waals surface area contributed by atoms with Crippen LogP contribution in [-0.2, 0) is 10.0 Å². The zero-order valence-corrected chi connectivity index (χ0v) is 21.3. The molecule has 1 atom stereocenters. The van der Waals surface area contributed by atoms with Crippen molar-refractivity contribution in [1.82, 2.24) is 9.97 Å². The Hall–Kier alpha value is -3.56. The second-order valence-electron chi connectivity index (χ2n) is 7.94. The summed E-state index contributed by atoms with van der Waals surface area (Å²) >= 11 is 3.39. The molecule has 0 saturated heterocycles. The lowest BCUT2D eigenvalue weighted by atomic mass is 9.97. The summed E-state index contributed by atoms with van der Waals surface area (Å²) in [5.41, 5.74) is 3.40. The molecule has 0 amide bonds.